The van der Waals surface area contributed by atoms with Crippen LogP contribution in [-0.4, -0.2) is 19.6 Å². The van der Waals surface area contributed by atoms with E-state index in [1.54, 1.807) is 12.1 Å². The average Bonchev–Trinajstić information content (AvgIpc) is 2.38. The zero-order valence-electron chi connectivity index (χ0n) is 10.2. The first-order valence-corrected chi connectivity index (χ1v) is 5.55. The molecule has 0 fully saturated rings. The average molecular weight is 231 g/mol. The third kappa shape index (κ3) is 4.71. The summed E-state index contributed by atoms with van der Waals surface area (Å²) in [5, 5.41) is 3.28. The number of hydrogen-bond acceptors (Lipinski definition) is 3. The van der Waals surface area contributed by atoms with E-state index in [0.29, 0.717) is 5.56 Å². The summed E-state index contributed by atoms with van der Waals surface area (Å²) in [5.74, 6) is 5.54. The monoisotopic (exact) mass is 231 g/mol. The van der Waals surface area contributed by atoms with Crippen LogP contribution in [0.4, 0.5) is 0 Å². The lowest BCUT2D eigenvalue weighted by atomic mass is 10.1. The van der Waals surface area contributed by atoms with Gasteiger partial charge >= 0.3 is 5.97 Å². The molecule has 90 valence electrons. The molecule has 0 atom stereocenters. The summed E-state index contributed by atoms with van der Waals surface area (Å²) >= 11 is 0. The van der Waals surface area contributed by atoms with Gasteiger partial charge in [-0.3, -0.25) is 0 Å². The molecule has 0 aliphatic carbocycles. The first kappa shape index (κ1) is 13.3. The largest absolute Gasteiger partial charge is 0.465 e. The molecule has 17 heavy (non-hydrogen) atoms. The van der Waals surface area contributed by atoms with E-state index in [9.17, 15) is 4.79 Å². The van der Waals surface area contributed by atoms with E-state index in [0.717, 1.165) is 25.1 Å². The van der Waals surface area contributed by atoms with Gasteiger partial charge in [0.25, 0.3) is 0 Å². The van der Waals surface area contributed by atoms with Crippen LogP contribution >= 0.6 is 0 Å². The normalized spacial score (nSPS) is 9.29. The second-order valence-electron chi connectivity index (χ2n) is 3.54. The standard InChI is InChI=1S/C14H17NO2/c1-3-4-5-10-15-11-12-6-8-13(9-7-12)14(16)17-2/h6-9,15H,5,10-11H2,1-2H3. The number of nitrogens with one attached hydrogen (secondary N) is 1. The van der Waals surface area contributed by atoms with Crippen LogP contribution < -0.4 is 5.32 Å². The summed E-state index contributed by atoms with van der Waals surface area (Å²) in [6.45, 7) is 3.50. The Kier molecular flexibility index (Phi) is 5.84. The van der Waals surface area contributed by atoms with E-state index in [2.05, 4.69) is 21.9 Å². The molecule has 1 N–H and O–H groups in total. The van der Waals surface area contributed by atoms with Crippen molar-refractivity contribution in [1.82, 2.24) is 5.32 Å². The number of rotatable bonds is 5. The summed E-state index contributed by atoms with van der Waals surface area (Å²) in [7, 11) is 1.38. The van der Waals surface area contributed by atoms with Crippen LogP contribution in [0, 0.1) is 11.8 Å². The van der Waals surface area contributed by atoms with Gasteiger partial charge in [-0.2, -0.15) is 0 Å². The van der Waals surface area contributed by atoms with Gasteiger partial charge in [0.2, 0.25) is 0 Å². The summed E-state index contributed by atoms with van der Waals surface area (Å²) < 4.78 is 4.63. The second kappa shape index (κ2) is 7.48. The topological polar surface area (TPSA) is 38.3 Å². The number of ether oxygens (including phenoxy) is 1. The maximum Gasteiger partial charge on any atom is 0.337 e. The van der Waals surface area contributed by atoms with Gasteiger partial charge in [0.05, 0.1) is 12.7 Å². The molecule has 1 aromatic carbocycles. The number of carbonyl (C=O) groups is 1. The predicted molar refractivity (Wildman–Crippen MR) is 67.6 cm³/mol. The summed E-state index contributed by atoms with van der Waals surface area (Å²) in [5.41, 5.74) is 1.72. The molecule has 1 rings (SSSR count). The first-order chi connectivity index (χ1) is 8.27. The van der Waals surface area contributed by atoms with Crippen molar-refractivity contribution < 1.29 is 9.53 Å². The van der Waals surface area contributed by atoms with Gasteiger partial charge in [-0.15, -0.1) is 11.8 Å². The highest BCUT2D eigenvalue weighted by Crippen LogP contribution is 2.05. The molecule has 1 aromatic rings. The Balaban J connectivity index is 2.39. The molecule has 3 heteroatoms. The van der Waals surface area contributed by atoms with Crippen molar-refractivity contribution in [2.75, 3.05) is 13.7 Å². The third-order valence-electron chi connectivity index (χ3n) is 2.31. The number of methoxy groups -OCH3 is 1. The Labute approximate surface area is 102 Å². The fraction of sp³-hybridized carbons (Fsp3) is 0.357. The lowest BCUT2D eigenvalue weighted by molar-refractivity contribution is 0.0600. The number of carbonyl (C=O) groups excluding carboxylic acids is 1. The predicted octanol–water partition coefficient (Wildman–Crippen LogP) is 1.98. The van der Waals surface area contributed by atoms with Crippen molar-refractivity contribution in [3.8, 4) is 11.8 Å². The molecule has 0 amide bonds. The molecule has 0 bridgehead atoms. The van der Waals surface area contributed by atoms with Crippen molar-refractivity contribution in [3.63, 3.8) is 0 Å². The highest BCUT2D eigenvalue weighted by atomic mass is 16.5. The van der Waals surface area contributed by atoms with E-state index >= 15 is 0 Å². The van der Waals surface area contributed by atoms with Crippen molar-refractivity contribution in [2.45, 2.75) is 19.9 Å². The highest BCUT2D eigenvalue weighted by molar-refractivity contribution is 5.89. The summed E-state index contributed by atoms with van der Waals surface area (Å²) in [6, 6.07) is 7.39. The van der Waals surface area contributed by atoms with Gasteiger partial charge < -0.3 is 10.1 Å². The molecule has 0 spiro atoms. The van der Waals surface area contributed by atoms with Crippen molar-refractivity contribution in [3.05, 3.63) is 35.4 Å². The van der Waals surface area contributed by atoms with Crippen LogP contribution in [0.25, 0.3) is 0 Å². The molecule has 0 aliphatic rings. The molecular formula is C14H17NO2. The van der Waals surface area contributed by atoms with E-state index in [4.69, 9.17) is 0 Å². The first-order valence-electron chi connectivity index (χ1n) is 5.55. The van der Waals surface area contributed by atoms with E-state index in [-0.39, 0.29) is 5.97 Å². The van der Waals surface area contributed by atoms with Crippen LogP contribution in [0.15, 0.2) is 24.3 Å². The van der Waals surface area contributed by atoms with Gasteiger partial charge in [0.15, 0.2) is 0 Å². The van der Waals surface area contributed by atoms with Gasteiger partial charge in [-0.1, -0.05) is 12.1 Å². The molecule has 0 radical (unpaired) electrons. The smallest absolute Gasteiger partial charge is 0.337 e. The fourth-order valence-corrected chi connectivity index (χ4v) is 1.39. The van der Waals surface area contributed by atoms with Crippen molar-refractivity contribution in [2.24, 2.45) is 0 Å². The quantitative estimate of drug-likeness (QED) is 0.478. The SMILES string of the molecule is CC#CCCNCc1ccc(C(=O)OC)cc1. The molecule has 0 unspecified atom stereocenters. The Morgan fingerprint density at radius 2 is 2.06 bits per heavy atom. The molecule has 0 heterocycles. The zero-order valence-corrected chi connectivity index (χ0v) is 10.2. The lowest BCUT2D eigenvalue weighted by Crippen LogP contribution is -2.14. The Morgan fingerprint density at radius 1 is 1.35 bits per heavy atom. The van der Waals surface area contributed by atoms with Crippen molar-refractivity contribution >= 4 is 5.97 Å². The van der Waals surface area contributed by atoms with Crippen LogP contribution in [0.3, 0.4) is 0 Å². The number of esters is 1. The van der Waals surface area contributed by atoms with Gasteiger partial charge in [-0.25, -0.2) is 4.79 Å². The van der Waals surface area contributed by atoms with E-state index in [1.165, 1.54) is 7.11 Å². The Hall–Kier alpha value is -1.79. The minimum Gasteiger partial charge on any atom is -0.465 e. The molecule has 3 nitrogen and oxygen atoms in total. The van der Waals surface area contributed by atoms with Gasteiger partial charge in [-0.05, 0) is 24.6 Å². The highest BCUT2D eigenvalue weighted by Gasteiger charge is 2.03. The van der Waals surface area contributed by atoms with Crippen LogP contribution in [-0.2, 0) is 11.3 Å². The molecule has 0 aromatic heterocycles. The summed E-state index contributed by atoms with van der Waals surface area (Å²) in [4.78, 5) is 11.2. The molecule has 0 saturated heterocycles. The molecule has 0 aliphatic heterocycles. The lowest BCUT2D eigenvalue weighted by Gasteiger charge is -2.04. The van der Waals surface area contributed by atoms with Crippen LogP contribution in [0.1, 0.15) is 29.3 Å². The van der Waals surface area contributed by atoms with Gasteiger partial charge in [0.1, 0.15) is 0 Å². The van der Waals surface area contributed by atoms with Crippen LogP contribution in [0.5, 0.6) is 0 Å². The maximum atomic E-state index is 11.2. The fourth-order valence-electron chi connectivity index (χ4n) is 1.39. The van der Waals surface area contributed by atoms with Crippen molar-refractivity contribution in [1.29, 1.82) is 0 Å². The van der Waals surface area contributed by atoms with Gasteiger partial charge in [0, 0.05) is 19.5 Å². The zero-order chi connectivity index (χ0) is 12.5. The minimum absolute atomic E-state index is 0.303. The Bertz CT molecular complexity index is 412. The maximum absolute atomic E-state index is 11.2. The number of benzene rings is 1. The third-order valence-corrected chi connectivity index (χ3v) is 2.31. The van der Waals surface area contributed by atoms with Crippen LogP contribution in [0.2, 0.25) is 0 Å². The summed E-state index contributed by atoms with van der Waals surface area (Å²) in [6.07, 6.45) is 0.858. The Morgan fingerprint density at radius 3 is 2.65 bits per heavy atom. The van der Waals surface area contributed by atoms with E-state index < -0.39 is 0 Å². The second-order valence-corrected chi connectivity index (χ2v) is 3.54. The van der Waals surface area contributed by atoms with E-state index in [1.807, 2.05) is 19.1 Å². The minimum atomic E-state index is -0.303. The molecule has 0 saturated carbocycles. The number of hydrogen-bond donors (Lipinski definition) is 1. The molecular weight excluding hydrogens is 214 g/mol.